The largest absolute Gasteiger partial charge is 0.475 e. The summed E-state index contributed by atoms with van der Waals surface area (Å²) >= 11 is 6.00. The van der Waals surface area contributed by atoms with Crippen LogP contribution in [-0.2, 0) is 10.0 Å². The molecule has 0 spiro atoms. The number of carboxylic acid groups (broad SMARTS) is 1. The van der Waals surface area contributed by atoms with Crippen LogP contribution in [0.5, 0.6) is 0 Å². The summed E-state index contributed by atoms with van der Waals surface area (Å²) in [5, 5.41) is 8.70. The molecule has 0 amide bonds. The van der Waals surface area contributed by atoms with Gasteiger partial charge in [0, 0.05) is 11.1 Å². The molecule has 2 N–H and O–H groups in total. The fourth-order valence-corrected chi connectivity index (χ4v) is 3.21. The van der Waals surface area contributed by atoms with E-state index in [-0.39, 0.29) is 0 Å². The van der Waals surface area contributed by atoms with Gasteiger partial charge in [0.05, 0.1) is 0 Å². The van der Waals surface area contributed by atoms with Gasteiger partial charge in [-0.1, -0.05) is 29.8 Å². The van der Waals surface area contributed by atoms with Gasteiger partial charge in [0.1, 0.15) is 0 Å². The van der Waals surface area contributed by atoms with Crippen LogP contribution in [0.3, 0.4) is 0 Å². The zero-order chi connectivity index (χ0) is 15.6. The molecule has 2 rings (SSSR count). The number of sulfonamides is 1. The Labute approximate surface area is 126 Å². The van der Waals surface area contributed by atoms with Crippen LogP contribution in [0.25, 0.3) is 0 Å². The van der Waals surface area contributed by atoms with Gasteiger partial charge in [-0.05, 0) is 30.7 Å². The second kappa shape index (κ2) is 5.88. The first-order valence-corrected chi connectivity index (χ1v) is 7.77. The highest BCUT2D eigenvalue weighted by molar-refractivity contribution is 7.89. The molecule has 6 nitrogen and oxygen atoms in total. The average molecular weight is 330 g/mol. The van der Waals surface area contributed by atoms with E-state index in [0.29, 0.717) is 10.6 Å². The third-order valence-corrected chi connectivity index (χ3v) is 4.52. The number of halogens is 1. The highest BCUT2D eigenvalue weighted by Gasteiger charge is 2.24. The van der Waals surface area contributed by atoms with E-state index in [1.54, 1.807) is 31.2 Å². The van der Waals surface area contributed by atoms with E-state index in [0.717, 1.165) is 12.1 Å². The van der Waals surface area contributed by atoms with E-state index in [1.807, 2.05) is 0 Å². The maximum atomic E-state index is 12.1. The number of nitrogens with one attached hydrogen (secondary N) is 1. The molecule has 0 unspecified atom stereocenters. The standard InChI is InChI=1S/C13H12ClNO5S/c1-8(9-4-2-3-5-10(9)14)15-21(18,19)12-7-6-11(20-12)13(16)17/h2-8,15H,1H3,(H,16,17)/t8-/m0/s1. The zero-order valence-electron chi connectivity index (χ0n) is 10.9. The van der Waals surface area contributed by atoms with Crippen LogP contribution < -0.4 is 4.72 Å². The molecule has 1 atom stereocenters. The van der Waals surface area contributed by atoms with Gasteiger partial charge in [-0.3, -0.25) is 0 Å². The van der Waals surface area contributed by atoms with Gasteiger partial charge in [-0.25, -0.2) is 17.9 Å². The molecule has 1 aromatic heterocycles. The van der Waals surface area contributed by atoms with Crippen molar-refractivity contribution in [3.8, 4) is 0 Å². The third-order valence-electron chi connectivity index (χ3n) is 2.76. The minimum absolute atomic E-state index is 0.429. The summed E-state index contributed by atoms with van der Waals surface area (Å²) in [5.41, 5.74) is 0.604. The van der Waals surface area contributed by atoms with Gasteiger partial charge < -0.3 is 9.52 Å². The lowest BCUT2D eigenvalue weighted by molar-refractivity contribution is 0.0656. The van der Waals surface area contributed by atoms with Crippen LogP contribution >= 0.6 is 11.6 Å². The third kappa shape index (κ3) is 3.44. The van der Waals surface area contributed by atoms with E-state index in [2.05, 4.69) is 4.72 Å². The minimum Gasteiger partial charge on any atom is -0.475 e. The van der Waals surface area contributed by atoms with Crippen molar-refractivity contribution >= 4 is 27.6 Å². The van der Waals surface area contributed by atoms with Crippen molar-refractivity contribution in [3.05, 3.63) is 52.7 Å². The van der Waals surface area contributed by atoms with Crippen LogP contribution in [0, 0.1) is 0 Å². The average Bonchev–Trinajstić information content (AvgIpc) is 2.89. The fraction of sp³-hybridized carbons (Fsp3) is 0.154. The number of furan rings is 1. The summed E-state index contributed by atoms with van der Waals surface area (Å²) in [6, 6.07) is 8.39. The zero-order valence-corrected chi connectivity index (χ0v) is 12.5. The van der Waals surface area contributed by atoms with Gasteiger partial charge in [-0.2, -0.15) is 0 Å². The summed E-state index contributed by atoms with van der Waals surface area (Å²) < 4.78 is 31.4. The van der Waals surface area contributed by atoms with Crippen molar-refractivity contribution in [2.75, 3.05) is 0 Å². The molecular formula is C13H12ClNO5S. The van der Waals surface area contributed by atoms with Gasteiger partial charge in [-0.15, -0.1) is 0 Å². The predicted molar refractivity (Wildman–Crippen MR) is 75.9 cm³/mol. The second-order valence-electron chi connectivity index (χ2n) is 4.29. The van der Waals surface area contributed by atoms with Crippen molar-refractivity contribution in [1.82, 2.24) is 4.72 Å². The highest BCUT2D eigenvalue weighted by atomic mass is 35.5. The molecule has 0 aliphatic carbocycles. The predicted octanol–water partition coefficient (Wildman–Crippen LogP) is 2.67. The Morgan fingerprint density at radius 2 is 1.95 bits per heavy atom. The number of hydrogen-bond acceptors (Lipinski definition) is 4. The normalized spacial score (nSPS) is 13.0. The van der Waals surface area contributed by atoms with Crippen LogP contribution in [0.1, 0.15) is 29.1 Å². The summed E-state index contributed by atoms with van der Waals surface area (Å²) in [5.74, 6) is -1.78. The number of aromatic carboxylic acids is 1. The lowest BCUT2D eigenvalue weighted by Crippen LogP contribution is -2.26. The SMILES string of the molecule is C[C@H](NS(=O)(=O)c1ccc(C(=O)O)o1)c1ccccc1Cl. The topological polar surface area (TPSA) is 96.6 Å². The molecule has 1 aromatic carbocycles. The van der Waals surface area contributed by atoms with Crippen molar-refractivity contribution in [1.29, 1.82) is 0 Å². The van der Waals surface area contributed by atoms with E-state index in [9.17, 15) is 13.2 Å². The number of rotatable bonds is 5. The van der Waals surface area contributed by atoms with Gasteiger partial charge in [0.2, 0.25) is 10.9 Å². The van der Waals surface area contributed by atoms with Gasteiger partial charge in [0.15, 0.2) is 0 Å². The molecule has 0 fully saturated rings. The molecule has 2 aromatic rings. The first kappa shape index (κ1) is 15.6. The molecule has 0 aliphatic heterocycles. The molecule has 112 valence electrons. The Morgan fingerprint density at radius 1 is 1.29 bits per heavy atom. The summed E-state index contributed by atoms with van der Waals surface area (Å²) in [6.07, 6.45) is 0. The van der Waals surface area contributed by atoms with E-state index in [4.69, 9.17) is 21.1 Å². The molecule has 21 heavy (non-hydrogen) atoms. The van der Waals surface area contributed by atoms with Crippen LogP contribution in [0.15, 0.2) is 45.9 Å². The Hall–Kier alpha value is -1.83. The maximum absolute atomic E-state index is 12.1. The van der Waals surface area contributed by atoms with Crippen molar-refractivity contribution in [2.45, 2.75) is 18.1 Å². The van der Waals surface area contributed by atoms with Gasteiger partial charge >= 0.3 is 5.97 Å². The van der Waals surface area contributed by atoms with Crippen LogP contribution in [0.2, 0.25) is 5.02 Å². The molecule has 8 heteroatoms. The Kier molecular flexibility index (Phi) is 4.36. The summed E-state index contributed by atoms with van der Waals surface area (Å²) in [4.78, 5) is 10.7. The lowest BCUT2D eigenvalue weighted by Gasteiger charge is -2.14. The number of benzene rings is 1. The van der Waals surface area contributed by atoms with Gasteiger partial charge in [0.25, 0.3) is 10.0 Å². The Morgan fingerprint density at radius 3 is 2.52 bits per heavy atom. The quantitative estimate of drug-likeness (QED) is 0.879. The van der Waals surface area contributed by atoms with Crippen LogP contribution in [0.4, 0.5) is 0 Å². The maximum Gasteiger partial charge on any atom is 0.371 e. The highest BCUT2D eigenvalue weighted by Crippen LogP contribution is 2.24. The monoisotopic (exact) mass is 329 g/mol. The molecule has 0 aliphatic rings. The fourth-order valence-electron chi connectivity index (χ4n) is 1.76. The minimum atomic E-state index is -3.98. The first-order valence-electron chi connectivity index (χ1n) is 5.91. The number of carboxylic acids is 1. The first-order chi connectivity index (χ1) is 9.81. The van der Waals surface area contributed by atoms with Crippen molar-refractivity contribution in [2.24, 2.45) is 0 Å². The van der Waals surface area contributed by atoms with Crippen molar-refractivity contribution in [3.63, 3.8) is 0 Å². The van der Waals surface area contributed by atoms with Crippen LogP contribution in [-0.4, -0.2) is 19.5 Å². The lowest BCUT2D eigenvalue weighted by atomic mass is 10.1. The molecule has 1 heterocycles. The molecule has 0 saturated carbocycles. The van der Waals surface area contributed by atoms with E-state index in [1.165, 1.54) is 0 Å². The Bertz CT molecular complexity index is 768. The second-order valence-corrected chi connectivity index (χ2v) is 6.34. The molecule has 0 radical (unpaired) electrons. The molecule has 0 bridgehead atoms. The summed E-state index contributed by atoms with van der Waals surface area (Å²) in [7, 11) is -3.98. The number of hydrogen-bond donors (Lipinski definition) is 2. The van der Waals surface area contributed by atoms with E-state index < -0.39 is 32.9 Å². The molecular weight excluding hydrogens is 318 g/mol. The van der Waals surface area contributed by atoms with Crippen molar-refractivity contribution < 1.29 is 22.7 Å². The molecule has 0 saturated heterocycles. The van der Waals surface area contributed by atoms with E-state index >= 15 is 0 Å². The Balaban J connectivity index is 2.24. The summed E-state index contributed by atoms with van der Waals surface area (Å²) in [6.45, 7) is 1.62. The number of carbonyl (C=O) groups is 1. The smallest absolute Gasteiger partial charge is 0.371 e.